The molecule has 0 heterocycles. The van der Waals surface area contributed by atoms with E-state index >= 15 is 0 Å². The summed E-state index contributed by atoms with van der Waals surface area (Å²) in [6, 6.07) is 5.74. The van der Waals surface area contributed by atoms with Crippen molar-refractivity contribution in [2.75, 3.05) is 12.4 Å². The molecule has 4 nitrogen and oxygen atoms in total. The van der Waals surface area contributed by atoms with E-state index in [0.717, 1.165) is 19.3 Å². The van der Waals surface area contributed by atoms with Crippen LogP contribution in [0.2, 0.25) is 0 Å². The van der Waals surface area contributed by atoms with Crippen molar-refractivity contribution in [2.45, 2.75) is 50.8 Å². The average Bonchev–Trinajstić information content (AvgIpc) is 2.47. The number of nitrogens with one attached hydrogen (secondary N) is 2. The van der Waals surface area contributed by atoms with Crippen LogP contribution in [0.5, 0.6) is 0 Å². The minimum Gasteiger partial charge on any atom is -0.380 e. The van der Waals surface area contributed by atoms with E-state index in [1.807, 2.05) is 6.92 Å². The number of ether oxygens (including phenoxy) is 1. The molecule has 0 spiro atoms. The smallest absolute Gasteiger partial charge is 0.241 e. The quantitative estimate of drug-likeness (QED) is 0.878. The molecule has 0 aromatic heterocycles. The molecule has 2 N–H and O–H groups in total. The minimum absolute atomic E-state index is 0.156. The summed E-state index contributed by atoms with van der Waals surface area (Å²) in [5.41, 5.74) is 0.473. The van der Waals surface area contributed by atoms with E-state index in [9.17, 15) is 9.18 Å². The summed E-state index contributed by atoms with van der Waals surface area (Å²) in [6.45, 7) is 1.82. The van der Waals surface area contributed by atoms with Crippen molar-refractivity contribution < 1.29 is 13.9 Å². The third-order valence-electron chi connectivity index (χ3n) is 3.95. The molecule has 116 valence electrons. The molecule has 21 heavy (non-hydrogen) atoms. The van der Waals surface area contributed by atoms with Crippen molar-refractivity contribution in [1.29, 1.82) is 0 Å². The molecule has 1 amide bonds. The molecule has 1 aliphatic carbocycles. The second-order valence-electron chi connectivity index (χ2n) is 5.55. The molecule has 1 saturated carbocycles. The number of amides is 1. The van der Waals surface area contributed by atoms with Crippen LogP contribution in [0, 0.1) is 5.82 Å². The highest BCUT2D eigenvalue weighted by molar-refractivity contribution is 5.94. The van der Waals surface area contributed by atoms with Gasteiger partial charge in [0.25, 0.3) is 0 Å². The zero-order chi connectivity index (χ0) is 15.2. The predicted molar refractivity (Wildman–Crippen MR) is 80.7 cm³/mol. The summed E-state index contributed by atoms with van der Waals surface area (Å²) in [5.74, 6) is -0.527. The van der Waals surface area contributed by atoms with Gasteiger partial charge in [0.2, 0.25) is 5.91 Å². The summed E-state index contributed by atoms with van der Waals surface area (Å²) in [7, 11) is 1.71. The van der Waals surface area contributed by atoms with Gasteiger partial charge in [-0.1, -0.05) is 18.9 Å². The van der Waals surface area contributed by atoms with Gasteiger partial charge in [0, 0.05) is 18.8 Å². The van der Waals surface area contributed by atoms with E-state index in [-0.39, 0.29) is 29.9 Å². The van der Waals surface area contributed by atoms with Gasteiger partial charge < -0.3 is 15.4 Å². The van der Waals surface area contributed by atoms with Crippen molar-refractivity contribution in [3.05, 3.63) is 30.1 Å². The Morgan fingerprint density at radius 2 is 2.14 bits per heavy atom. The molecule has 1 aliphatic rings. The fraction of sp³-hybridized carbons (Fsp3) is 0.562. The van der Waals surface area contributed by atoms with Crippen molar-refractivity contribution in [2.24, 2.45) is 0 Å². The zero-order valence-electron chi connectivity index (χ0n) is 12.6. The molecule has 1 aromatic carbocycles. The third-order valence-corrected chi connectivity index (χ3v) is 3.95. The van der Waals surface area contributed by atoms with Crippen LogP contribution in [0.3, 0.4) is 0 Å². The number of rotatable bonds is 5. The van der Waals surface area contributed by atoms with E-state index in [4.69, 9.17) is 4.74 Å². The number of carbonyl (C=O) groups excluding carboxylic acids is 1. The summed E-state index contributed by atoms with van der Waals surface area (Å²) in [6.07, 6.45) is 4.50. The maximum Gasteiger partial charge on any atom is 0.241 e. The molecular formula is C16H23FN2O2. The number of benzene rings is 1. The van der Waals surface area contributed by atoms with E-state index < -0.39 is 0 Å². The summed E-state index contributed by atoms with van der Waals surface area (Å²) in [5, 5.41) is 6.05. The van der Waals surface area contributed by atoms with Crippen molar-refractivity contribution in [1.82, 2.24) is 5.32 Å². The predicted octanol–water partition coefficient (Wildman–Crippen LogP) is 2.70. The highest BCUT2D eigenvalue weighted by Gasteiger charge is 2.27. The first-order valence-corrected chi connectivity index (χ1v) is 7.45. The number of hydrogen-bond donors (Lipinski definition) is 2. The molecule has 0 unspecified atom stereocenters. The first-order chi connectivity index (χ1) is 10.1. The van der Waals surface area contributed by atoms with Crippen LogP contribution in [-0.2, 0) is 9.53 Å². The van der Waals surface area contributed by atoms with Crippen molar-refractivity contribution in [3.63, 3.8) is 0 Å². The molecule has 2 rings (SSSR count). The highest BCUT2D eigenvalue weighted by atomic mass is 19.1. The highest BCUT2D eigenvalue weighted by Crippen LogP contribution is 2.21. The van der Waals surface area contributed by atoms with Gasteiger partial charge in [0.15, 0.2) is 0 Å². The Labute approximate surface area is 125 Å². The third kappa shape index (κ3) is 4.51. The molecule has 1 aromatic rings. The van der Waals surface area contributed by atoms with Crippen LogP contribution in [-0.4, -0.2) is 31.2 Å². The number of hydrogen-bond acceptors (Lipinski definition) is 3. The fourth-order valence-corrected chi connectivity index (χ4v) is 2.78. The summed E-state index contributed by atoms with van der Waals surface area (Å²) < 4.78 is 18.6. The number of anilines is 1. The maximum atomic E-state index is 13.1. The number of halogens is 1. The number of carbonyl (C=O) groups is 1. The lowest BCUT2D eigenvalue weighted by Crippen LogP contribution is -2.50. The summed E-state index contributed by atoms with van der Waals surface area (Å²) >= 11 is 0. The lowest BCUT2D eigenvalue weighted by molar-refractivity contribution is -0.118. The monoisotopic (exact) mass is 294 g/mol. The second kappa shape index (κ2) is 7.52. The Balaban J connectivity index is 1.90. The SMILES string of the molecule is CO[C@@H]1CCCC[C@@H]1N[C@H](C)C(=O)Nc1cccc(F)c1. The largest absolute Gasteiger partial charge is 0.380 e. The van der Waals surface area contributed by atoms with Gasteiger partial charge in [-0.25, -0.2) is 4.39 Å². The van der Waals surface area contributed by atoms with Crippen molar-refractivity contribution in [3.8, 4) is 0 Å². The van der Waals surface area contributed by atoms with Crippen LogP contribution >= 0.6 is 0 Å². The van der Waals surface area contributed by atoms with E-state index in [1.54, 1.807) is 19.2 Å². The molecule has 0 radical (unpaired) electrons. The first-order valence-electron chi connectivity index (χ1n) is 7.45. The van der Waals surface area contributed by atoms with Gasteiger partial charge in [0.1, 0.15) is 5.82 Å². The van der Waals surface area contributed by atoms with Crippen LogP contribution in [0.25, 0.3) is 0 Å². The Hall–Kier alpha value is -1.46. The van der Waals surface area contributed by atoms with Crippen LogP contribution in [0.1, 0.15) is 32.6 Å². The Morgan fingerprint density at radius 1 is 1.38 bits per heavy atom. The topological polar surface area (TPSA) is 50.4 Å². The molecular weight excluding hydrogens is 271 g/mol. The van der Waals surface area contributed by atoms with Gasteiger partial charge in [-0.2, -0.15) is 0 Å². The van der Waals surface area contributed by atoms with Crippen LogP contribution < -0.4 is 10.6 Å². The van der Waals surface area contributed by atoms with Crippen LogP contribution in [0.4, 0.5) is 10.1 Å². The first kappa shape index (κ1) is 15.9. The average molecular weight is 294 g/mol. The van der Waals surface area contributed by atoms with Gasteiger partial charge in [-0.05, 0) is 38.0 Å². The minimum atomic E-state index is -0.361. The summed E-state index contributed by atoms with van der Waals surface area (Å²) in [4.78, 5) is 12.2. The Bertz CT molecular complexity index is 481. The molecule has 0 aliphatic heterocycles. The lowest BCUT2D eigenvalue weighted by Gasteiger charge is -2.33. The number of methoxy groups -OCH3 is 1. The molecule has 1 fully saturated rings. The van der Waals surface area contributed by atoms with Crippen molar-refractivity contribution >= 4 is 11.6 Å². The van der Waals surface area contributed by atoms with Gasteiger partial charge in [-0.15, -0.1) is 0 Å². The molecule has 0 bridgehead atoms. The Morgan fingerprint density at radius 3 is 2.86 bits per heavy atom. The molecule has 0 saturated heterocycles. The van der Waals surface area contributed by atoms with E-state index in [2.05, 4.69) is 10.6 Å². The second-order valence-corrected chi connectivity index (χ2v) is 5.55. The van der Waals surface area contributed by atoms with E-state index in [0.29, 0.717) is 5.69 Å². The van der Waals surface area contributed by atoms with Gasteiger partial charge in [-0.3, -0.25) is 4.79 Å². The normalized spacial score (nSPS) is 23.6. The Kier molecular flexibility index (Phi) is 5.70. The maximum absolute atomic E-state index is 13.1. The molecule has 5 heteroatoms. The zero-order valence-corrected chi connectivity index (χ0v) is 12.6. The fourth-order valence-electron chi connectivity index (χ4n) is 2.78. The molecule has 3 atom stereocenters. The van der Waals surface area contributed by atoms with Gasteiger partial charge in [0.05, 0.1) is 12.1 Å². The van der Waals surface area contributed by atoms with Gasteiger partial charge >= 0.3 is 0 Å². The van der Waals surface area contributed by atoms with E-state index in [1.165, 1.54) is 18.6 Å². The van der Waals surface area contributed by atoms with Crippen LogP contribution in [0.15, 0.2) is 24.3 Å². The lowest BCUT2D eigenvalue weighted by atomic mass is 9.92. The standard InChI is InChI=1S/C16H23FN2O2/c1-11(18-14-8-3-4-9-15(14)21-2)16(20)19-13-7-5-6-12(17)10-13/h5-7,10-11,14-15,18H,3-4,8-9H2,1-2H3,(H,19,20)/t11-,14+,15-/m1/s1.